The van der Waals surface area contributed by atoms with E-state index in [2.05, 4.69) is 0 Å². The Morgan fingerprint density at radius 2 is 1.74 bits per heavy atom. The number of amides is 2. The average molecular weight is 547 g/mol. The van der Waals surface area contributed by atoms with E-state index >= 15 is 0 Å². The van der Waals surface area contributed by atoms with Gasteiger partial charge >= 0.3 is 5.97 Å². The fourth-order valence-corrected chi connectivity index (χ4v) is 5.39. The number of hydrogen-bond donors (Lipinski definition) is 1. The minimum atomic E-state index is -1.15. The molecule has 0 bridgehead atoms. The van der Waals surface area contributed by atoms with Crippen molar-refractivity contribution in [1.29, 1.82) is 0 Å². The number of carbonyl (C=O) groups excluding carboxylic acids is 2. The van der Waals surface area contributed by atoms with Crippen LogP contribution in [-0.2, 0) is 16.1 Å². The van der Waals surface area contributed by atoms with Gasteiger partial charge in [-0.15, -0.1) is 0 Å². The highest BCUT2D eigenvalue weighted by molar-refractivity contribution is 8.26. The van der Waals surface area contributed by atoms with Crippen LogP contribution in [0.25, 0.3) is 6.08 Å². The minimum Gasteiger partial charge on any atom is -0.496 e. The Bertz CT molecular complexity index is 1390. The lowest BCUT2D eigenvalue weighted by Crippen LogP contribution is -2.33. The summed E-state index contributed by atoms with van der Waals surface area (Å²) in [5, 5.41) is 9.09. The highest BCUT2D eigenvalue weighted by Crippen LogP contribution is 2.34. The van der Waals surface area contributed by atoms with Gasteiger partial charge in [0.25, 0.3) is 11.8 Å². The fraction of sp³-hybridized carbons (Fsp3) is 0.172. The van der Waals surface area contributed by atoms with Gasteiger partial charge in [0.05, 0.1) is 23.6 Å². The molecule has 0 unspecified atom stereocenters. The Labute approximate surface area is 230 Å². The lowest BCUT2D eigenvalue weighted by Gasteiger charge is -2.30. The Morgan fingerprint density at radius 3 is 2.37 bits per heavy atom. The number of thiocarbonyl (C=S) groups is 1. The number of methoxy groups -OCH3 is 1. The van der Waals surface area contributed by atoms with E-state index in [1.165, 1.54) is 7.11 Å². The Kier molecular flexibility index (Phi) is 8.60. The molecule has 2 amide bonds. The van der Waals surface area contributed by atoms with Crippen molar-refractivity contribution >= 4 is 52.2 Å². The monoisotopic (exact) mass is 546 g/mol. The minimum absolute atomic E-state index is 0.180. The molecular weight excluding hydrogens is 520 g/mol. The molecule has 1 fully saturated rings. The van der Waals surface area contributed by atoms with Crippen molar-refractivity contribution in [2.24, 2.45) is 0 Å². The third-order valence-corrected chi connectivity index (χ3v) is 7.50. The number of rotatable bonds is 9. The molecule has 0 aromatic heterocycles. The summed E-state index contributed by atoms with van der Waals surface area (Å²) in [6.07, 6.45) is 1.61. The zero-order valence-electron chi connectivity index (χ0n) is 20.9. The number of thioether (sulfide) groups is 1. The van der Waals surface area contributed by atoms with Gasteiger partial charge < -0.3 is 14.7 Å². The highest BCUT2D eigenvalue weighted by Gasteiger charge is 2.33. The summed E-state index contributed by atoms with van der Waals surface area (Å²) in [7, 11) is 1.50. The molecular formula is C29H26N2O5S2. The van der Waals surface area contributed by atoms with E-state index in [1.54, 1.807) is 29.2 Å². The Hall–Kier alpha value is -3.95. The Balaban J connectivity index is 1.70. The van der Waals surface area contributed by atoms with Crippen molar-refractivity contribution in [3.63, 3.8) is 0 Å². The van der Waals surface area contributed by atoms with Crippen molar-refractivity contribution < 1.29 is 24.2 Å². The fourth-order valence-electron chi connectivity index (χ4n) is 4.14. The molecule has 38 heavy (non-hydrogen) atoms. The van der Waals surface area contributed by atoms with Gasteiger partial charge in [-0.05, 0) is 41.8 Å². The number of aliphatic carboxylic acids is 1. The lowest BCUT2D eigenvalue weighted by atomic mass is 10.0. The van der Waals surface area contributed by atoms with E-state index in [4.69, 9.17) is 22.1 Å². The second kappa shape index (κ2) is 12.1. The van der Waals surface area contributed by atoms with E-state index in [0.717, 1.165) is 27.8 Å². The number of hydrogen-bond acceptors (Lipinski definition) is 6. The van der Waals surface area contributed by atoms with E-state index in [9.17, 15) is 14.4 Å². The van der Waals surface area contributed by atoms with Gasteiger partial charge in [0.2, 0.25) is 0 Å². The van der Waals surface area contributed by atoms with Crippen LogP contribution in [0.2, 0.25) is 0 Å². The lowest BCUT2D eigenvalue weighted by molar-refractivity contribution is -0.140. The van der Waals surface area contributed by atoms with E-state index < -0.39 is 18.4 Å². The molecule has 7 nitrogen and oxygen atoms in total. The van der Waals surface area contributed by atoms with Gasteiger partial charge in [0.1, 0.15) is 16.6 Å². The van der Waals surface area contributed by atoms with Crippen LogP contribution in [0, 0.1) is 0 Å². The average Bonchev–Trinajstić information content (AvgIpc) is 3.18. The van der Waals surface area contributed by atoms with Crippen LogP contribution in [-0.4, -0.2) is 50.7 Å². The first-order valence-corrected chi connectivity index (χ1v) is 13.1. The maximum atomic E-state index is 14.1. The smallest absolute Gasteiger partial charge is 0.323 e. The molecule has 4 rings (SSSR count). The zero-order valence-corrected chi connectivity index (χ0v) is 22.5. The first kappa shape index (κ1) is 27.1. The molecule has 1 saturated heterocycles. The Morgan fingerprint density at radius 1 is 1.08 bits per heavy atom. The number of benzene rings is 3. The SMILES string of the molecule is COc1ccc(/C=C2\SC(=S)N(CC(=O)O)C2=O)cc1C(=O)N(Cc1ccccc1)[C@@H](C)c1ccccc1. The third kappa shape index (κ3) is 6.12. The molecule has 194 valence electrons. The summed E-state index contributed by atoms with van der Waals surface area (Å²) in [5.41, 5.74) is 2.92. The molecule has 1 aliphatic heterocycles. The molecule has 1 aliphatic rings. The van der Waals surface area contributed by atoms with Gasteiger partial charge in [-0.2, -0.15) is 0 Å². The maximum Gasteiger partial charge on any atom is 0.323 e. The zero-order chi connectivity index (χ0) is 27.2. The highest BCUT2D eigenvalue weighted by atomic mass is 32.2. The predicted molar refractivity (Wildman–Crippen MR) is 152 cm³/mol. The van der Waals surface area contributed by atoms with Crippen LogP contribution in [0.1, 0.15) is 40.0 Å². The number of carboxylic acids is 1. The maximum absolute atomic E-state index is 14.1. The first-order chi connectivity index (χ1) is 18.3. The van der Waals surface area contributed by atoms with Gasteiger partial charge in [-0.1, -0.05) is 90.7 Å². The van der Waals surface area contributed by atoms with Crippen molar-refractivity contribution in [3.05, 3.63) is 106 Å². The van der Waals surface area contributed by atoms with Crippen LogP contribution in [0.3, 0.4) is 0 Å². The molecule has 1 atom stereocenters. The first-order valence-electron chi connectivity index (χ1n) is 11.8. The molecule has 0 aliphatic carbocycles. The molecule has 0 saturated carbocycles. The summed E-state index contributed by atoms with van der Waals surface area (Å²) < 4.78 is 5.72. The summed E-state index contributed by atoms with van der Waals surface area (Å²) in [5.74, 6) is -1.44. The number of nitrogens with zero attached hydrogens (tertiary/aromatic N) is 2. The van der Waals surface area contributed by atoms with Gasteiger partial charge in [0.15, 0.2) is 0 Å². The standard InChI is InChI=1S/C29H26N2O5S2/c1-19(22-11-7-4-8-12-22)30(17-20-9-5-3-6-10-20)27(34)23-15-21(13-14-24(23)36-2)16-25-28(35)31(18-26(32)33)29(37)38-25/h3-16,19H,17-18H2,1-2H3,(H,32,33)/b25-16-/t19-/m0/s1. The van der Waals surface area contributed by atoms with Crippen LogP contribution in [0.15, 0.2) is 83.8 Å². The summed E-state index contributed by atoms with van der Waals surface area (Å²) in [6.45, 7) is 1.87. The summed E-state index contributed by atoms with van der Waals surface area (Å²) >= 11 is 6.22. The number of ether oxygens (including phenoxy) is 1. The van der Waals surface area contributed by atoms with Gasteiger partial charge in [-0.25, -0.2) is 0 Å². The van der Waals surface area contributed by atoms with Crippen LogP contribution < -0.4 is 4.74 Å². The van der Waals surface area contributed by atoms with Gasteiger partial charge in [0, 0.05) is 6.54 Å². The predicted octanol–water partition coefficient (Wildman–Crippen LogP) is 5.38. The van der Waals surface area contributed by atoms with Crippen LogP contribution in [0.4, 0.5) is 0 Å². The molecule has 1 N–H and O–H groups in total. The van der Waals surface area contributed by atoms with E-state index in [1.807, 2.05) is 67.6 Å². The molecule has 9 heteroatoms. The molecule has 1 heterocycles. The van der Waals surface area contributed by atoms with Crippen molar-refractivity contribution in [2.45, 2.75) is 19.5 Å². The second-order valence-corrected chi connectivity index (χ2v) is 10.3. The molecule has 3 aromatic rings. The van der Waals surface area contributed by atoms with Crippen LogP contribution >= 0.6 is 24.0 Å². The summed E-state index contributed by atoms with van der Waals surface area (Å²) in [6, 6.07) is 24.4. The topological polar surface area (TPSA) is 87.1 Å². The molecule has 0 spiro atoms. The van der Waals surface area contributed by atoms with Crippen LogP contribution in [0.5, 0.6) is 5.75 Å². The summed E-state index contributed by atoms with van der Waals surface area (Å²) in [4.78, 5) is 41.1. The van der Waals surface area contributed by atoms with Crippen molar-refractivity contribution in [1.82, 2.24) is 9.80 Å². The van der Waals surface area contributed by atoms with Crippen molar-refractivity contribution in [2.75, 3.05) is 13.7 Å². The second-order valence-electron chi connectivity index (χ2n) is 8.63. The quantitative estimate of drug-likeness (QED) is 0.285. The molecule has 3 aromatic carbocycles. The molecule has 0 radical (unpaired) electrons. The number of carbonyl (C=O) groups is 3. The van der Waals surface area contributed by atoms with E-state index in [0.29, 0.717) is 28.3 Å². The normalized spacial score (nSPS) is 15.0. The largest absolute Gasteiger partial charge is 0.496 e. The van der Waals surface area contributed by atoms with Gasteiger partial charge in [-0.3, -0.25) is 19.3 Å². The van der Waals surface area contributed by atoms with E-state index in [-0.39, 0.29) is 16.3 Å². The number of carboxylic acid groups (broad SMARTS) is 1. The third-order valence-electron chi connectivity index (χ3n) is 6.12. The van der Waals surface area contributed by atoms with Crippen molar-refractivity contribution in [3.8, 4) is 5.75 Å².